The van der Waals surface area contributed by atoms with Gasteiger partial charge >= 0.3 is 0 Å². The number of hydrogen-bond acceptors (Lipinski definition) is 3. The zero-order valence-electron chi connectivity index (χ0n) is 11.9. The molecule has 0 fully saturated rings. The molecule has 0 bridgehead atoms. The monoisotopic (exact) mass is 396 g/mol. The van der Waals surface area contributed by atoms with Gasteiger partial charge in [0.05, 0.1) is 12.8 Å². The van der Waals surface area contributed by atoms with Gasteiger partial charge in [-0.2, -0.15) is 0 Å². The maximum absolute atomic E-state index is 12.2. The van der Waals surface area contributed by atoms with E-state index in [1.807, 2.05) is 55.5 Å². The van der Waals surface area contributed by atoms with Gasteiger partial charge in [-0.25, -0.2) is 0 Å². The highest BCUT2D eigenvalue weighted by atomic mass is 127. The van der Waals surface area contributed by atoms with Gasteiger partial charge in [-0.3, -0.25) is 4.79 Å². The lowest BCUT2D eigenvalue weighted by Gasteiger charge is -2.16. The van der Waals surface area contributed by atoms with Crippen molar-refractivity contribution in [2.45, 2.75) is 13.0 Å². The highest BCUT2D eigenvalue weighted by Gasteiger charge is 2.14. The van der Waals surface area contributed by atoms with Crippen LogP contribution in [0.2, 0.25) is 0 Å². The average Bonchev–Trinajstić information content (AvgIpc) is 2.47. The molecule has 1 amide bonds. The van der Waals surface area contributed by atoms with Crippen LogP contribution in [0.1, 0.15) is 6.92 Å². The van der Waals surface area contributed by atoms with E-state index in [9.17, 15) is 4.79 Å². The first kappa shape index (κ1) is 15.6. The Kier molecular flexibility index (Phi) is 5.44. The number of carbonyl (C=O) groups excluding carboxylic acids is 1. The normalized spacial score (nSPS) is 11.6. The van der Waals surface area contributed by atoms with Crippen molar-refractivity contribution in [3.05, 3.63) is 52.1 Å². The molecule has 1 atom stereocenters. The van der Waals surface area contributed by atoms with Gasteiger partial charge in [0.2, 0.25) is 5.91 Å². The smallest absolute Gasteiger partial charge is 0.246 e. The molecular weight excluding hydrogens is 379 g/mol. The summed E-state index contributed by atoms with van der Waals surface area (Å²) in [6.45, 7) is 1.82. The first-order valence-corrected chi connectivity index (χ1v) is 7.64. The number of nitrogens with one attached hydrogen (secondary N) is 2. The summed E-state index contributed by atoms with van der Waals surface area (Å²) >= 11 is 2.24. The Labute approximate surface area is 138 Å². The SMILES string of the molecule is COc1ccccc1NC(=O)[C@@H](C)Nc1cccc(I)c1. The Morgan fingerprint density at radius 2 is 1.95 bits per heavy atom. The van der Waals surface area contributed by atoms with Gasteiger partial charge in [-0.1, -0.05) is 18.2 Å². The molecule has 0 aromatic heterocycles. The summed E-state index contributed by atoms with van der Waals surface area (Å²) in [5.74, 6) is 0.533. The molecule has 0 heterocycles. The van der Waals surface area contributed by atoms with Crippen LogP contribution in [-0.4, -0.2) is 19.1 Å². The second-order valence-electron chi connectivity index (χ2n) is 4.57. The van der Waals surface area contributed by atoms with Gasteiger partial charge in [0.1, 0.15) is 11.8 Å². The summed E-state index contributed by atoms with van der Waals surface area (Å²) in [5, 5.41) is 6.05. The van der Waals surface area contributed by atoms with E-state index in [1.54, 1.807) is 7.11 Å². The lowest BCUT2D eigenvalue weighted by atomic mass is 10.2. The summed E-state index contributed by atoms with van der Waals surface area (Å²) < 4.78 is 6.34. The van der Waals surface area contributed by atoms with Crippen LogP contribution in [-0.2, 0) is 4.79 Å². The maximum atomic E-state index is 12.2. The molecule has 4 nitrogen and oxygen atoms in total. The van der Waals surface area contributed by atoms with E-state index in [4.69, 9.17) is 4.74 Å². The molecule has 2 N–H and O–H groups in total. The zero-order chi connectivity index (χ0) is 15.2. The predicted molar refractivity (Wildman–Crippen MR) is 93.9 cm³/mol. The van der Waals surface area contributed by atoms with Crippen LogP contribution in [0.5, 0.6) is 5.75 Å². The lowest BCUT2D eigenvalue weighted by Crippen LogP contribution is -2.32. The van der Waals surface area contributed by atoms with Crippen LogP contribution in [0.25, 0.3) is 0 Å². The van der Waals surface area contributed by atoms with E-state index in [-0.39, 0.29) is 11.9 Å². The van der Waals surface area contributed by atoms with Crippen molar-refractivity contribution in [1.82, 2.24) is 0 Å². The molecular formula is C16H17IN2O2. The minimum atomic E-state index is -0.354. The molecule has 0 aliphatic heterocycles. The van der Waals surface area contributed by atoms with Crippen molar-refractivity contribution in [3.8, 4) is 5.75 Å². The second kappa shape index (κ2) is 7.31. The van der Waals surface area contributed by atoms with Gasteiger partial charge in [-0.05, 0) is 59.8 Å². The first-order valence-electron chi connectivity index (χ1n) is 6.56. The molecule has 110 valence electrons. The minimum Gasteiger partial charge on any atom is -0.495 e. The van der Waals surface area contributed by atoms with E-state index in [2.05, 4.69) is 33.2 Å². The molecule has 0 radical (unpaired) electrons. The Hall–Kier alpha value is -1.76. The van der Waals surface area contributed by atoms with Crippen molar-refractivity contribution in [3.63, 3.8) is 0 Å². The van der Waals surface area contributed by atoms with Crippen molar-refractivity contribution >= 4 is 39.9 Å². The topological polar surface area (TPSA) is 50.4 Å². The molecule has 0 saturated carbocycles. The average molecular weight is 396 g/mol. The summed E-state index contributed by atoms with van der Waals surface area (Å²) in [4.78, 5) is 12.2. The fraction of sp³-hybridized carbons (Fsp3) is 0.188. The van der Waals surface area contributed by atoms with Crippen LogP contribution >= 0.6 is 22.6 Å². The molecule has 0 aliphatic carbocycles. The third-order valence-corrected chi connectivity index (χ3v) is 3.64. The zero-order valence-corrected chi connectivity index (χ0v) is 14.0. The number of carbonyl (C=O) groups is 1. The molecule has 2 aromatic rings. The van der Waals surface area contributed by atoms with Crippen molar-refractivity contribution < 1.29 is 9.53 Å². The van der Waals surface area contributed by atoms with Crippen LogP contribution < -0.4 is 15.4 Å². The van der Waals surface area contributed by atoms with Crippen LogP contribution in [0.3, 0.4) is 0 Å². The summed E-state index contributed by atoms with van der Waals surface area (Å²) in [5.41, 5.74) is 1.59. The fourth-order valence-corrected chi connectivity index (χ4v) is 2.43. The summed E-state index contributed by atoms with van der Waals surface area (Å²) in [6.07, 6.45) is 0. The van der Waals surface area contributed by atoms with Crippen molar-refractivity contribution in [2.24, 2.45) is 0 Å². The van der Waals surface area contributed by atoms with Crippen LogP contribution in [0.15, 0.2) is 48.5 Å². The minimum absolute atomic E-state index is 0.113. The van der Waals surface area contributed by atoms with E-state index < -0.39 is 0 Å². The number of methoxy groups -OCH3 is 1. The molecule has 0 unspecified atom stereocenters. The van der Waals surface area contributed by atoms with Gasteiger partial charge in [0.15, 0.2) is 0 Å². The molecule has 0 spiro atoms. The third-order valence-electron chi connectivity index (χ3n) is 2.97. The second-order valence-corrected chi connectivity index (χ2v) is 5.81. The molecule has 0 aliphatic rings. The number of benzene rings is 2. The van der Waals surface area contributed by atoms with E-state index in [1.165, 1.54) is 0 Å². The van der Waals surface area contributed by atoms with Crippen LogP contribution in [0.4, 0.5) is 11.4 Å². The summed E-state index contributed by atoms with van der Waals surface area (Å²) in [7, 11) is 1.58. The standard InChI is InChI=1S/C16H17IN2O2/c1-11(18-13-7-5-6-12(17)10-13)16(20)19-14-8-3-4-9-15(14)21-2/h3-11,18H,1-2H3,(H,19,20)/t11-/m1/s1. The largest absolute Gasteiger partial charge is 0.495 e. The van der Waals surface area contributed by atoms with Crippen LogP contribution in [0, 0.1) is 3.57 Å². The number of anilines is 2. The Morgan fingerprint density at radius 1 is 1.19 bits per heavy atom. The van der Waals surface area contributed by atoms with Gasteiger partial charge in [0, 0.05) is 9.26 Å². The highest BCUT2D eigenvalue weighted by Crippen LogP contribution is 2.23. The van der Waals surface area contributed by atoms with Gasteiger partial charge in [-0.15, -0.1) is 0 Å². The van der Waals surface area contributed by atoms with E-state index >= 15 is 0 Å². The highest BCUT2D eigenvalue weighted by molar-refractivity contribution is 14.1. The first-order chi connectivity index (χ1) is 10.1. The Bertz CT molecular complexity index is 631. The molecule has 2 rings (SSSR count). The molecule has 0 saturated heterocycles. The number of rotatable bonds is 5. The quantitative estimate of drug-likeness (QED) is 0.758. The number of amides is 1. The number of hydrogen-bond donors (Lipinski definition) is 2. The van der Waals surface area contributed by atoms with Crippen molar-refractivity contribution in [2.75, 3.05) is 17.7 Å². The summed E-state index contributed by atoms with van der Waals surface area (Å²) in [6, 6.07) is 14.9. The Morgan fingerprint density at radius 3 is 2.67 bits per heavy atom. The van der Waals surface area contributed by atoms with E-state index in [0.29, 0.717) is 11.4 Å². The van der Waals surface area contributed by atoms with Gasteiger partial charge in [0.25, 0.3) is 0 Å². The molecule has 2 aromatic carbocycles. The molecule has 5 heteroatoms. The van der Waals surface area contributed by atoms with E-state index in [0.717, 1.165) is 9.26 Å². The number of para-hydroxylation sites is 2. The van der Waals surface area contributed by atoms with Gasteiger partial charge < -0.3 is 15.4 Å². The predicted octanol–water partition coefficient (Wildman–Crippen LogP) is 3.74. The number of halogens is 1. The maximum Gasteiger partial charge on any atom is 0.246 e. The number of ether oxygens (including phenoxy) is 1. The lowest BCUT2D eigenvalue weighted by molar-refractivity contribution is -0.116. The fourth-order valence-electron chi connectivity index (χ4n) is 1.88. The molecule has 21 heavy (non-hydrogen) atoms. The third kappa shape index (κ3) is 4.35. The van der Waals surface area contributed by atoms with Crippen molar-refractivity contribution in [1.29, 1.82) is 0 Å². The Balaban J connectivity index is 2.02.